The second kappa shape index (κ2) is 18.8. The first-order chi connectivity index (χ1) is 20.5. The van der Waals surface area contributed by atoms with E-state index < -0.39 is 0 Å². The zero-order valence-corrected chi connectivity index (χ0v) is 26.4. The van der Waals surface area contributed by atoms with Gasteiger partial charge in [0.15, 0.2) is 0 Å². The van der Waals surface area contributed by atoms with Gasteiger partial charge in [0.25, 0.3) is 0 Å². The maximum atomic E-state index is 11.0. The highest BCUT2D eigenvalue weighted by atomic mass is 16.3. The Bertz CT molecular complexity index is 1300. The number of nitrogens with zero attached hydrogens (tertiary/aromatic N) is 4. The number of hydrogen-bond acceptors (Lipinski definition) is 8. The molecule has 0 spiro atoms. The van der Waals surface area contributed by atoms with Crippen molar-refractivity contribution < 1.29 is 14.3 Å². The van der Waals surface area contributed by atoms with Crippen molar-refractivity contribution in [2.45, 2.75) is 41.5 Å². The standard InChI is InChI=1S/C23H21N3O2.C7H16N2O.2C2H6/c1-15(2)12-24-22-20-19(17-6-4-3-5-7-17)21(28-23(20)26-14-25-22)18-10-8-16(13-27)9-11-18;1-8-2-4-9(5-3-8)6-7-10;2*1-2/h3-11,13-15H,12H2,1-2H3,(H,24,25,26);10H,2-7H2,1H3;2*1-2H3. The Hall–Kier alpha value is -3.59. The van der Waals surface area contributed by atoms with Gasteiger partial charge in [0.05, 0.1) is 12.0 Å². The molecule has 228 valence electrons. The lowest BCUT2D eigenvalue weighted by atomic mass is 9.99. The van der Waals surface area contributed by atoms with Crippen LogP contribution in [0.1, 0.15) is 51.9 Å². The summed E-state index contributed by atoms with van der Waals surface area (Å²) in [6.07, 6.45) is 2.35. The van der Waals surface area contributed by atoms with Gasteiger partial charge in [-0.2, -0.15) is 0 Å². The van der Waals surface area contributed by atoms with Crippen LogP contribution in [0.2, 0.25) is 0 Å². The molecule has 4 aromatic rings. The molecule has 8 nitrogen and oxygen atoms in total. The van der Waals surface area contributed by atoms with Crippen LogP contribution in [0.25, 0.3) is 33.6 Å². The number of rotatable bonds is 8. The number of β-amino-alcohol motifs (C(OH)–C–C–N with tert-alkyl or cyclic N) is 1. The Labute approximate surface area is 251 Å². The summed E-state index contributed by atoms with van der Waals surface area (Å²) in [6, 6.07) is 17.4. The number of anilines is 1. The first-order valence-electron chi connectivity index (χ1n) is 15.1. The highest BCUT2D eigenvalue weighted by Gasteiger charge is 2.22. The molecule has 1 fully saturated rings. The molecular formula is C34H49N5O3. The lowest BCUT2D eigenvalue weighted by Crippen LogP contribution is -2.45. The zero-order valence-electron chi connectivity index (χ0n) is 26.4. The van der Waals surface area contributed by atoms with Gasteiger partial charge < -0.3 is 19.7 Å². The lowest BCUT2D eigenvalue weighted by molar-refractivity contribution is 0.112. The molecule has 1 aliphatic rings. The number of aldehydes is 1. The molecule has 0 bridgehead atoms. The maximum absolute atomic E-state index is 11.0. The van der Waals surface area contributed by atoms with Crippen molar-refractivity contribution in [3.8, 4) is 22.5 Å². The first kappa shape index (κ1) is 34.6. The number of aliphatic hydroxyl groups excluding tert-OH is 1. The third kappa shape index (κ3) is 9.76. The Balaban J connectivity index is 0.000000369. The minimum Gasteiger partial charge on any atom is -0.437 e. The van der Waals surface area contributed by atoms with E-state index in [0.29, 0.717) is 29.6 Å². The fourth-order valence-corrected chi connectivity index (χ4v) is 4.38. The fourth-order valence-electron chi connectivity index (χ4n) is 4.38. The number of aromatic nitrogens is 2. The van der Waals surface area contributed by atoms with Gasteiger partial charge in [0.2, 0.25) is 5.71 Å². The summed E-state index contributed by atoms with van der Waals surface area (Å²) in [5.74, 6) is 1.95. The van der Waals surface area contributed by atoms with Crippen molar-refractivity contribution >= 4 is 23.2 Å². The molecule has 42 heavy (non-hydrogen) atoms. The van der Waals surface area contributed by atoms with Crippen LogP contribution in [-0.4, -0.2) is 84.1 Å². The number of hydrogen-bond donors (Lipinski definition) is 2. The number of likely N-dealkylation sites (N-methyl/N-ethyl adjacent to an activating group) is 1. The van der Waals surface area contributed by atoms with E-state index in [9.17, 15) is 4.79 Å². The van der Waals surface area contributed by atoms with Gasteiger partial charge in [0.1, 0.15) is 24.2 Å². The second-order valence-electron chi connectivity index (χ2n) is 9.96. The topological polar surface area (TPSA) is 94.7 Å². The number of aliphatic hydroxyl groups is 1. The minimum atomic E-state index is 0.295. The molecule has 5 rings (SSSR count). The average molecular weight is 576 g/mol. The predicted octanol–water partition coefficient (Wildman–Crippen LogP) is 6.72. The fraction of sp³-hybridized carbons (Fsp3) is 0.441. The number of carbonyl (C=O) groups is 1. The molecular weight excluding hydrogens is 526 g/mol. The number of carbonyl (C=O) groups excluding carboxylic acids is 1. The highest BCUT2D eigenvalue weighted by molar-refractivity contribution is 6.05. The minimum absolute atomic E-state index is 0.295. The van der Waals surface area contributed by atoms with Gasteiger partial charge in [-0.3, -0.25) is 9.69 Å². The summed E-state index contributed by atoms with van der Waals surface area (Å²) < 4.78 is 6.18. The van der Waals surface area contributed by atoms with Crippen molar-refractivity contribution in [3.63, 3.8) is 0 Å². The van der Waals surface area contributed by atoms with Gasteiger partial charge in [-0.1, -0.05) is 96.1 Å². The summed E-state index contributed by atoms with van der Waals surface area (Å²) in [4.78, 5) is 24.4. The van der Waals surface area contributed by atoms with Gasteiger partial charge in [0, 0.05) is 56.0 Å². The van der Waals surface area contributed by atoms with Crippen LogP contribution < -0.4 is 5.32 Å². The number of fused-ring (bicyclic) bond motifs is 1. The van der Waals surface area contributed by atoms with E-state index >= 15 is 0 Å². The van der Waals surface area contributed by atoms with Crippen LogP contribution in [-0.2, 0) is 0 Å². The number of furan rings is 1. The summed E-state index contributed by atoms with van der Waals surface area (Å²) >= 11 is 0. The number of piperazine rings is 1. The van der Waals surface area contributed by atoms with Crippen molar-refractivity contribution in [1.29, 1.82) is 0 Å². The average Bonchev–Trinajstić information content (AvgIpc) is 3.44. The second-order valence-corrected chi connectivity index (χ2v) is 9.96. The molecule has 1 saturated heterocycles. The van der Waals surface area contributed by atoms with E-state index in [1.54, 1.807) is 12.1 Å². The summed E-state index contributed by atoms with van der Waals surface area (Å²) in [7, 11) is 2.14. The SMILES string of the molecule is CC.CC.CC(C)CNc1ncnc2oc(-c3ccc(C=O)cc3)c(-c3ccccc3)c12.CN1CCN(CCO)CC1. The first-order valence-corrected chi connectivity index (χ1v) is 15.1. The van der Waals surface area contributed by atoms with Crippen molar-refractivity contribution in [2.24, 2.45) is 5.92 Å². The van der Waals surface area contributed by atoms with Gasteiger partial charge >= 0.3 is 0 Å². The quantitative estimate of drug-likeness (QED) is 0.224. The van der Waals surface area contributed by atoms with Crippen LogP contribution in [0.15, 0.2) is 65.3 Å². The van der Waals surface area contributed by atoms with Gasteiger partial charge in [-0.15, -0.1) is 0 Å². The van der Waals surface area contributed by atoms with Crippen LogP contribution in [0.5, 0.6) is 0 Å². The van der Waals surface area contributed by atoms with Gasteiger partial charge in [-0.25, -0.2) is 9.97 Å². The third-order valence-electron chi connectivity index (χ3n) is 6.55. The van der Waals surface area contributed by atoms with E-state index in [-0.39, 0.29) is 0 Å². The Kier molecular flexibility index (Phi) is 15.5. The largest absolute Gasteiger partial charge is 0.437 e. The van der Waals surface area contributed by atoms with Gasteiger partial charge in [-0.05, 0) is 18.5 Å². The van der Waals surface area contributed by atoms with Crippen LogP contribution in [0.4, 0.5) is 5.82 Å². The summed E-state index contributed by atoms with van der Waals surface area (Å²) in [5, 5.41) is 12.9. The van der Waals surface area contributed by atoms with Crippen LogP contribution >= 0.6 is 0 Å². The van der Waals surface area contributed by atoms with Crippen LogP contribution in [0.3, 0.4) is 0 Å². The van der Waals surface area contributed by atoms with Crippen LogP contribution in [0, 0.1) is 5.92 Å². The van der Waals surface area contributed by atoms with Crippen molar-refractivity contribution in [1.82, 2.24) is 19.8 Å². The number of benzene rings is 2. The van der Waals surface area contributed by atoms with E-state index in [1.807, 2.05) is 70.2 Å². The molecule has 0 amide bonds. The van der Waals surface area contributed by atoms with E-state index in [2.05, 4.69) is 46.0 Å². The summed E-state index contributed by atoms with van der Waals surface area (Å²) in [6.45, 7) is 18.7. The monoisotopic (exact) mass is 575 g/mol. The predicted molar refractivity (Wildman–Crippen MR) is 175 cm³/mol. The molecule has 0 saturated carbocycles. The molecule has 1 aliphatic heterocycles. The lowest BCUT2D eigenvalue weighted by Gasteiger charge is -2.31. The molecule has 2 aromatic carbocycles. The molecule has 0 aliphatic carbocycles. The Morgan fingerprint density at radius 3 is 2.14 bits per heavy atom. The molecule has 3 heterocycles. The van der Waals surface area contributed by atoms with Crippen molar-refractivity contribution in [2.75, 3.05) is 58.2 Å². The normalized spacial score (nSPS) is 13.3. The van der Waals surface area contributed by atoms with Crippen molar-refractivity contribution in [3.05, 3.63) is 66.5 Å². The Morgan fingerprint density at radius 1 is 0.929 bits per heavy atom. The molecule has 2 aromatic heterocycles. The maximum Gasteiger partial charge on any atom is 0.232 e. The van der Waals surface area contributed by atoms with E-state index in [1.165, 1.54) is 6.33 Å². The number of nitrogens with one attached hydrogen (secondary N) is 1. The zero-order chi connectivity index (χ0) is 30.9. The molecule has 0 unspecified atom stereocenters. The Morgan fingerprint density at radius 2 is 1.57 bits per heavy atom. The van der Waals surface area contributed by atoms with E-state index in [4.69, 9.17) is 9.52 Å². The molecule has 8 heteroatoms. The third-order valence-corrected chi connectivity index (χ3v) is 6.55. The molecule has 2 N–H and O–H groups in total. The summed E-state index contributed by atoms with van der Waals surface area (Å²) in [5.41, 5.74) is 4.02. The van der Waals surface area contributed by atoms with E-state index in [0.717, 1.165) is 73.4 Å². The smallest absolute Gasteiger partial charge is 0.232 e. The molecule has 0 atom stereocenters. The highest BCUT2D eigenvalue weighted by Crippen LogP contribution is 2.42. The molecule has 0 radical (unpaired) electrons.